The number of nitrogens with zero attached hydrogens (tertiary/aromatic N) is 1. The highest BCUT2D eigenvalue weighted by atomic mass is 32.2. The van der Waals surface area contributed by atoms with Crippen molar-refractivity contribution in [2.24, 2.45) is 0 Å². The highest BCUT2D eigenvalue weighted by molar-refractivity contribution is 7.89. The first-order valence-electron chi connectivity index (χ1n) is 8.21. The van der Waals surface area contributed by atoms with E-state index in [1.165, 1.54) is 0 Å². The number of hydrogen-bond donors (Lipinski definition) is 1. The summed E-state index contributed by atoms with van der Waals surface area (Å²) >= 11 is 0. The van der Waals surface area contributed by atoms with E-state index < -0.39 is 15.6 Å². The zero-order valence-corrected chi connectivity index (χ0v) is 15.4. The summed E-state index contributed by atoms with van der Waals surface area (Å²) in [6, 6.07) is 14.1. The molecule has 0 aromatic heterocycles. The van der Waals surface area contributed by atoms with Gasteiger partial charge in [-0.3, -0.25) is 4.79 Å². The lowest BCUT2D eigenvalue weighted by Crippen LogP contribution is -2.40. The maximum Gasteiger partial charge on any atom is 0.258 e. The van der Waals surface area contributed by atoms with E-state index in [9.17, 15) is 13.2 Å². The molecule has 5 nitrogen and oxygen atoms in total. The molecular weight excluding hydrogens is 336 g/mol. The predicted molar refractivity (Wildman–Crippen MR) is 98.3 cm³/mol. The van der Waals surface area contributed by atoms with Crippen LogP contribution in [0, 0.1) is 0 Å². The van der Waals surface area contributed by atoms with Gasteiger partial charge in [0.1, 0.15) is 0 Å². The summed E-state index contributed by atoms with van der Waals surface area (Å²) in [5.41, 5.74) is 1.73. The second kappa shape index (κ2) is 6.28. The van der Waals surface area contributed by atoms with Crippen LogP contribution in [0.15, 0.2) is 53.4 Å². The van der Waals surface area contributed by atoms with Crippen LogP contribution in [-0.2, 0) is 16.4 Å². The van der Waals surface area contributed by atoms with Crippen LogP contribution in [0.1, 0.15) is 36.7 Å². The average Bonchev–Trinajstić information content (AvgIpc) is 2.96. The first-order valence-corrected chi connectivity index (χ1v) is 9.69. The Bertz CT molecular complexity index is 900. The minimum Gasteiger partial charge on any atom is -0.308 e. The normalized spacial score (nSPS) is 14.4. The summed E-state index contributed by atoms with van der Waals surface area (Å²) in [4.78, 5) is 14.6. The van der Waals surface area contributed by atoms with Crippen molar-refractivity contribution in [3.63, 3.8) is 0 Å². The lowest BCUT2D eigenvalue weighted by atomic mass is 10.1. The second-order valence-corrected chi connectivity index (χ2v) is 8.90. The molecule has 1 aliphatic rings. The molecule has 6 heteroatoms. The maximum atomic E-state index is 12.7. The third kappa shape index (κ3) is 3.75. The fraction of sp³-hybridized carbons (Fsp3) is 0.316. The number of rotatable bonds is 3. The summed E-state index contributed by atoms with van der Waals surface area (Å²) in [5.74, 6) is -0.0669. The van der Waals surface area contributed by atoms with Gasteiger partial charge in [0.25, 0.3) is 5.91 Å². The molecule has 0 bridgehead atoms. The van der Waals surface area contributed by atoms with Crippen LogP contribution >= 0.6 is 0 Å². The van der Waals surface area contributed by atoms with Gasteiger partial charge in [0.05, 0.1) is 4.90 Å². The van der Waals surface area contributed by atoms with Crippen molar-refractivity contribution in [2.45, 2.75) is 37.6 Å². The van der Waals surface area contributed by atoms with E-state index >= 15 is 0 Å². The molecule has 1 heterocycles. The van der Waals surface area contributed by atoms with E-state index in [1.807, 2.05) is 18.2 Å². The van der Waals surface area contributed by atoms with E-state index in [2.05, 4.69) is 4.72 Å². The molecule has 25 heavy (non-hydrogen) atoms. The molecule has 0 aliphatic carbocycles. The summed E-state index contributed by atoms with van der Waals surface area (Å²) in [6.45, 7) is 5.97. The molecule has 2 aromatic rings. The molecule has 0 fully saturated rings. The Balaban J connectivity index is 1.90. The van der Waals surface area contributed by atoms with Gasteiger partial charge in [-0.05, 0) is 63.1 Å². The van der Waals surface area contributed by atoms with E-state index in [4.69, 9.17) is 0 Å². The lowest BCUT2D eigenvalue weighted by molar-refractivity contribution is 0.0989. The van der Waals surface area contributed by atoms with Gasteiger partial charge in [0, 0.05) is 23.3 Å². The predicted octanol–water partition coefficient (Wildman–Crippen LogP) is 2.97. The van der Waals surface area contributed by atoms with Gasteiger partial charge in [0.15, 0.2) is 0 Å². The number of hydrogen-bond acceptors (Lipinski definition) is 3. The summed E-state index contributed by atoms with van der Waals surface area (Å²) < 4.78 is 27.6. The minimum absolute atomic E-state index is 0.0669. The van der Waals surface area contributed by atoms with Crippen molar-refractivity contribution in [1.29, 1.82) is 0 Å². The highest BCUT2D eigenvalue weighted by Crippen LogP contribution is 2.31. The third-order valence-electron chi connectivity index (χ3n) is 3.96. The Kier molecular flexibility index (Phi) is 4.43. The molecule has 1 aliphatic heterocycles. The third-order valence-corrected chi connectivity index (χ3v) is 5.72. The Morgan fingerprint density at radius 3 is 2.40 bits per heavy atom. The Morgan fingerprint density at radius 2 is 1.76 bits per heavy atom. The van der Waals surface area contributed by atoms with Crippen molar-refractivity contribution in [3.05, 3.63) is 59.7 Å². The first kappa shape index (κ1) is 17.6. The number of benzene rings is 2. The van der Waals surface area contributed by atoms with Gasteiger partial charge >= 0.3 is 0 Å². The van der Waals surface area contributed by atoms with Gasteiger partial charge in [0.2, 0.25) is 10.0 Å². The molecular formula is C19H22N2O3S. The molecule has 0 saturated heterocycles. The van der Waals surface area contributed by atoms with Gasteiger partial charge in [-0.15, -0.1) is 0 Å². The number of carbonyl (C=O) groups excluding carboxylic acids is 1. The highest BCUT2D eigenvalue weighted by Gasteiger charge is 2.28. The molecule has 0 atom stereocenters. The molecule has 3 rings (SSSR count). The molecule has 0 saturated carbocycles. The lowest BCUT2D eigenvalue weighted by Gasteiger charge is -2.21. The van der Waals surface area contributed by atoms with Crippen LogP contribution in [-0.4, -0.2) is 26.4 Å². The van der Waals surface area contributed by atoms with Gasteiger partial charge in [-0.1, -0.05) is 18.2 Å². The fourth-order valence-corrected chi connectivity index (χ4v) is 4.42. The van der Waals surface area contributed by atoms with E-state index in [1.54, 1.807) is 56.0 Å². The molecule has 132 valence electrons. The molecule has 1 amide bonds. The molecule has 1 N–H and O–H groups in total. The second-order valence-electron chi connectivity index (χ2n) is 7.22. The molecule has 0 spiro atoms. The van der Waals surface area contributed by atoms with Crippen molar-refractivity contribution in [2.75, 3.05) is 11.4 Å². The average molecular weight is 358 g/mol. The molecule has 0 radical (unpaired) electrons. The van der Waals surface area contributed by atoms with E-state index in [0.29, 0.717) is 18.5 Å². The number of sulfonamides is 1. The van der Waals surface area contributed by atoms with Crippen molar-refractivity contribution in [3.8, 4) is 0 Å². The Hall–Kier alpha value is -2.18. The van der Waals surface area contributed by atoms with Crippen LogP contribution < -0.4 is 9.62 Å². The van der Waals surface area contributed by atoms with E-state index in [0.717, 1.165) is 11.3 Å². The van der Waals surface area contributed by atoms with Gasteiger partial charge in [-0.2, -0.15) is 0 Å². The first-order chi connectivity index (χ1) is 11.7. The summed E-state index contributed by atoms with van der Waals surface area (Å²) in [7, 11) is -3.58. The number of carbonyl (C=O) groups is 1. The van der Waals surface area contributed by atoms with Crippen molar-refractivity contribution < 1.29 is 13.2 Å². The number of fused-ring (bicyclic) bond motifs is 1. The standard InChI is InChI=1S/C19H22N2O3S/c1-19(2,3)20-25(23,24)16-9-10-17-15(13-16)11-12-21(17)18(22)14-7-5-4-6-8-14/h4-10,13,20H,11-12H2,1-3H3. The quantitative estimate of drug-likeness (QED) is 0.917. The van der Waals surface area contributed by atoms with Crippen LogP contribution in [0.25, 0.3) is 0 Å². The van der Waals surface area contributed by atoms with Gasteiger partial charge < -0.3 is 4.90 Å². The van der Waals surface area contributed by atoms with Crippen LogP contribution in [0.2, 0.25) is 0 Å². The van der Waals surface area contributed by atoms with Gasteiger partial charge in [-0.25, -0.2) is 13.1 Å². The minimum atomic E-state index is -3.58. The van der Waals surface area contributed by atoms with Crippen molar-refractivity contribution >= 4 is 21.6 Å². The van der Waals surface area contributed by atoms with Crippen LogP contribution in [0.3, 0.4) is 0 Å². The zero-order chi connectivity index (χ0) is 18.2. The van der Waals surface area contributed by atoms with Crippen LogP contribution in [0.4, 0.5) is 5.69 Å². The molecule has 0 unspecified atom stereocenters. The Morgan fingerprint density at radius 1 is 1.08 bits per heavy atom. The largest absolute Gasteiger partial charge is 0.308 e. The summed E-state index contributed by atoms with van der Waals surface area (Å²) in [5, 5.41) is 0. The fourth-order valence-electron chi connectivity index (χ4n) is 2.95. The zero-order valence-electron chi connectivity index (χ0n) is 14.6. The topological polar surface area (TPSA) is 66.5 Å². The number of anilines is 1. The Labute approximate surface area is 148 Å². The number of amides is 1. The maximum absolute atomic E-state index is 12.7. The monoisotopic (exact) mass is 358 g/mol. The van der Waals surface area contributed by atoms with E-state index in [-0.39, 0.29) is 10.8 Å². The smallest absolute Gasteiger partial charge is 0.258 e. The van der Waals surface area contributed by atoms with Crippen molar-refractivity contribution in [1.82, 2.24) is 4.72 Å². The number of nitrogens with one attached hydrogen (secondary N) is 1. The molecule has 2 aromatic carbocycles. The SMILES string of the molecule is CC(C)(C)NS(=O)(=O)c1ccc2c(c1)CCN2C(=O)c1ccccc1. The van der Waals surface area contributed by atoms with Crippen LogP contribution in [0.5, 0.6) is 0 Å². The summed E-state index contributed by atoms with van der Waals surface area (Å²) in [6.07, 6.45) is 0.646.